The average molecular weight is 219 g/mol. The molecular formula is C13H21N3. The molecule has 1 fully saturated rings. The Morgan fingerprint density at radius 3 is 2.56 bits per heavy atom. The summed E-state index contributed by atoms with van der Waals surface area (Å²) in [7, 11) is 0. The molecule has 1 aromatic carbocycles. The van der Waals surface area contributed by atoms with E-state index >= 15 is 0 Å². The first kappa shape index (κ1) is 11.1. The molecule has 2 rings (SSSR count). The Morgan fingerprint density at radius 1 is 1.19 bits per heavy atom. The maximum absolute atomic E-state index is 5.84. The van der Waals surface area contributed by atoms with Crippen LogP contribution in [0.25, 0.3) is 0 Å². The molecule has 0 radical (unpaired) electrons. The first-order valence-electron chi connectivity index (χ1n) is 5.88. The van der Waals surface area contributed by atoms with Crippen molar-refractivity contribution in [3.05, 3.63) is 18.2 Å². The fraction of sp³-hybridized carbons (Fsp3) is 0.538. The van der Waals surface area contributed by atoms with Crippen LogP contribution in [0.4, 0.5) is 17.1 Å². The lowest BCUT2D eigenvalue weighted by Gasteiger charge is -2.39. The lowest BCUT2D eigenvalue weighted by molar-refractivity contribution is 0.293. The Morgan fingerprint density at radius 2 is 1.94 bits per heavy atom. The highest BCUT2D eigenvalue weighted by Gasteiger charge is 2.26. The highest BCUT2D eigenvalue weighted by atomic mass is 15.1. The fourth-order valence-corrected chi connectivity index (χ4v) is 2.40. The molecule has 0 unspecified atom stereocenters. The van der Waals surface area contributed by atoms with Crippen molar-refractivity contribution in [3.63, 3.8) is 0 Å². The number of rotatable bonds is 1. The number of hydrogen-bond donors (Lipinski definition) is 2. The lowest BCUT2D eigenvalue weighted by Crippen LogP contribution is -2.40. The van der Waals surface area contributed by atoms with Gasteiger partial charge in [-0.1, -0.05) is 13.8 Å². The van der Waals surface area contributed by atoms with Gasteiger partial charge >= 0.3 is 0 Å². The van der Waals surface area contributed by atoms with Gasteiger partial charge in [0.2, 0.25) is 0 Å². The van der Waals surface area contributed by atoms with E-state index in [4.69, 9.17) is 11.5 Å². The Kier molecular flexibility index (Phi) is 2.70. The molecule has 0 aliphatic carbocycles. The van der Waals surface area contributed by atoms with Crippen molar-refractivity contribution in [2.45, 2.75) is 26.7 Å². The zero-order valence-electron chi connectivity index (χ0n) is 10.2. The van der Waals surface area contributed by atoms with E-state index < -0.39 is 0 Å². The van der Waals surface area contributed by atoms with E-state index in [-0.39, 0.29) is 0 Å². The summed E-state index contributed by atoms with van der Waals surface area (Å²) in [6, 6.07) is 5.94. The Balaban J connectivity index is 2.20. The topological polar surface area (TPSA) is 55.3 Å². The van der Waals surface area contributed by atoms with Crippen LogP contribution in [-0.4, -0.2) is 13.1 Å². The molecule has 0 bridgehead atoms. The summed E-state index contributed by atoms with van der Waals surface area (Å²) in [6.07, 6.45) is 2.55. The third-order valence-corrected chi connectivity index (χ3v) is 3.34. The summed E-state index contributed by atoms with van der Waals surface area (Å²) < 4.78 is 0. The van der Waals surface area contributed by atoms with Gasteiger partial charge in [-0.05, 0) is 36.5 Å². The Hall–Kier alpha value is -1.38. The van der Waals surface area contributed by atoms with Gasteiger partial charge in [0.15, 0.2) is 0 Å². The molecule has 1 saturated heterocycles. The monoisotopic (exact) mass is 219 g/mol. The van der Waals surface area contributed by atoms with Crippen LogP contribution in [0.1, 0.15) is 26.7 Å². The SMILES string of the molecule is CC1(C)CCCN(c2ccc(N)c(N)c2)C1. The van der Waals surface area contributed by atoms with E-state index in [0.717, 1.165) is 13.1 Å². The van der Waals surface area contributed by atoms with Crippen molar-refractivity contribution in [2.75, 3.05) is 29.5 Å². The van der Waals surface area contributed by atoms with Gasteiger partial charge in [0, 0.05) is 18.8 Å². The van der Waals surface area contributed by atoms with Crippen molar-refractivity contribution in [2.24, 2.45) is 5.41 Å². The van der Waals surface area contributed by atoms with E-state index in [1.165, 1.54) is 18.5 Å². The summed E-state index contributed by atoms with van der Waals surface area (Å²) in [5.74, 6) is 0. The molecule has 3 nitrogen and oxygen atoms in total. The van der Waals surface area contributed by atoms with Gasteiger partial charge in [0.1, 0.15) is 0 Å². The summed E-state index contributed by atoms with van der Waals surface area (Å²) in [5, 5.41) is 0. The molecule has 0 aromatic heterocycles. The fourth-order valence-electron chi connectivity index (χ4n) is 2.40. The quantitative estimate of drug-likeness (QED) is 0.713. The minimum absolute atomic E-state index is 0.397. The number of hydrogen-bond acceptors (Lipinski definition) is 3. The van der Waals surface area contributed by atoms with Gasteiger partial charge < -0.3 is 16.4 Å². The smallest absolute Gasteiger partial charge is 0.0568 e. The first-order chi connectivity index (χ1) is 7.48. The summed E-state index contributed by atoms with van der Waals surface area (Å²) in [6.45, 7) is 6.85. The maximum atomic E-state index is 5.84. The standard InChI is InChI=1S/C13H21N3/c1-13(2)6-3-7-16(9-13)10-4-5-11(14)12(15)8-10/h4-5,8H,3,6-7,9,14-15H2,1-2H3. The van der Waals surface area contributed by atoms with Gasteiger partial charge in [0.05, 0.1) is 11.4 Å². The number of nitrogens with zero attached hydrogens (tertiary/aromatic N) is 1. The van der Waals surface area contributed by atoms with Crippen LogP contribution in [0.2, 0.25) is 0 Å². The Bertz CT molecular complexity index is 385. The van der Waals surface area contributed by atoms with Crippen LogP contribution in [-0.2, 0) is 0 Å². The number of nitrogens with two attached hydrogens (primary N) is 2. The zero-order valence-corrected chi connectivity index (χ0v) is 10.2. The van der Waals surface area contributed by atoms with Crippen molar-refractivity contribution < 1.29 is 0 Å². The van der Waals surface area contributed by atoms with Crippen molar-refractivity contribution in [3.8, 4) is 0 Å². The third kappa shape index (κ3) is 2.23. The minimum Gasteiger partial charge on any atom is -0.397 e. The second-order valence-corrected chi connectivity index (χ2v) is 5.50. The van der Waals surface area contributed by atoms with E-state index in [0.29, 0.717) is 16.8 Å². The molecule has 0 saturated carbocycles. The average Bonchev–Trinajstić information content (AvgIpc) is 2.20. The highest BCUT2D eigenvalue weighted by molar-refractivity contribution is 5.69. The van der Waals surface area contributed by atoms with E-state index in [1.807, 2.05) is 12.1 Å². The molecule has 1 aromatic rings. The normalized spacial score (nSPS) is 19.8. The Labute approximate surface area is 97.4 Å². The van der Waals surface area contributed by atoms with Crippen LogP contribution in [0.3, 0.4) is 0 Å². The van der Waals surface area contributed by atoms with Crippen molar-refractivity contribution in [1.29, 1.82) is 0 Å². The molecule has 1 aliphatic heterocycles. The molecule has 1 aliphatic rings. The first-order valence-corrected chi connectivity index (χ1v) is 5.88. The molecule has 0 spiro atoms. The number of piperidine rings is 1. The van der Waals surface area contributed by atoms with Gasteiger partial charge in [-0.3, -0.25) is 0 Å². The van der Waals surface area contributed by atoms with E-state index in [9.17, 15) is 0 Å². The predicted molar refractivity (Wildman–Crippen MR) is 70.5 cm³/mol. The lowest BCUT2D eigenvalue weighted by atomic mass is 9.84. The third-order valence-electron chi connectivity index (χ3n) is 3.34. The highest BCUT2D eigenvalue weighted by Crippen LogP contribution is 2.32. The molecule has 3 heteroatoms. The molecule has 1 heterocycles. The maximum Gasteiger partial charge on any atom is 0.0568 e. The number of benzene rings is 1. The van der Waals surface area contributed by atoms with Crippen molar-refractivity contribution in [1.82, 2.24) is 0 Å². The zero-order chi connectivity index (χ0) is 11.8. The largest absolute Gasteiger partial charge is 0.397 e. The molecule has 0 amide bonds. The van der Waals surface area contributed by atoms with Crippen LogP contribution in [0.15, 0.2) is 18.2 Å². The van der Waals surface area contributed by atoms with Gasteiger partial charge in [0.25, 0.3) is 0 Å². The van der Waals surface area contributed by atoms with E-state index in [1.54, 1.807) is 0 Å². The predicted octanol–water partition coefficient (Wildman–Crippen LogP) is 2.48. The molecule has 16 heavy (non-hydrogen) atoms. The summed E-state index contributed by atoms with van der Waals surface area (Å²) in [4.78, 5) is 2.40. The molecule has 0 atom stereocenters. The second kappa shape index (κ2) is 3.89. The van der Waals surface area contributed by atoms with Crippen molar-refractivity contribution >= 4 is 17.1 Å². The minimum atomic E-state index is 0.397. The molecule has 88 valence electrons. The van der Waals surface area contributed by atoms with E-state index in [2.05, 4.69) is 24.8 Å². The summed E-state index contributed by atoms with van der Waals surface area (Å²) in [5.41, 5.74) is 14.5. The van der Waals surface area contributed by atoms with Crippen LogP contribution >= 0.6 is 0 Å². The summed E-state index contributed by atoms with van der Waals surface area (Å²) >= 11 is 0. The van der Waals surface area contributed by atoms with Crippen LogP contribution in [0, 0.1) is 5.41 Å². The van der Waals surface area contributed by atoms with Crippen LogP contribution < -0.4 is 16.4 Å². The molecule has 4 N–H and O–H groups in total. The second-order valence-electron chi connectivity index (χ2n) is 5.50. The number of anilines is 3. The number of nitrogen functional groups attached to an aromatic ring is 2. The van der Waals surface area contributed by atoms with Gasteiger partial charge in [-0.2, -0.15) is 0 Å². The van der Waals surface area contributed by atoms with Gasteiger partial charge in [-0.15, -0.1) is 0 Å². The van der Waals surface area contributed by atoms with Gasteiger partial charge in [-0.25, -0.2) is 0 Å². The van der Waals surface area contributed by atoms with Crippen LogP contribution in [0.5, 0.6) is 0 Å². The molecular weight excluding hydrogens is 198 g/mol.